The van der Waals surface area contributed by atoms with Gasteiger partial charge in [-0.1, -0.05) is 12.1 Å². The van der Waals surface area contributed by atoms with Crippen molar-refractivity contribution in [3.05, 3.63) is 59.7 Å². The van der Waals surface area contributed by atoms with Gasteiger partial charge in [0.1, 0.15) is 18.1 Å². The first kappa shape index (κ1) is 18.9. The summed E-state index contributed by atoms with van der Waals surface area (Å²) < 4.78 is 21.1. The van der Waals surface area contributed by atoms with Gasteiger partial charge >= 0.3 is 11.9 Å². The highest BCUT2D eigenvalue weighted by Gasteiger charge is 2.18. The number of benzene rings is 2. The van der Waals surface area contributed by atoms with Crippen molar-refractivity contribution in [2.75, 3.05) is 20.3 Å². The predicted molar refractivity (Wildman–Crippen MR) is 98.0 cm³/mol. The molecule has 0 bridgehead atoms. The lowest BCUT2D eigenvalue weighted by molar-refractivity contribution is -0.133. The summed E-state index contributed by atoms with van der Waals surface area (Å²) in [4.78, 5) is 24.1. The molecule has 1 unspecified atom stereocenters. The quantitative estimate of drug-likeness (QED) is 0.551. The van der Waals surface area contributed by atoms with Crippen LogP contribution in [0, 0.1) is 0 Å². The number of carbonyl (C=O) groups is 2. The minimum absolute atomic E-state index is 0.00728. The number of esters is 2. The summed E-state index contributed by atoms with van der Waals surface area (Å²) in [7, 11) is 1.59. The Labute approximate surface area is 158 Å². The lowest BCUT2D eigenvalue weighted by Crippen LogP contribution is -2.17. The van der Waals surface area contributed by atoms with E-state index in [-0.39, 0.29) is 25.1 Å². The number of carbonyl (C=O) groups excluding carboxylic acids is 2. The molecular formula is C21H22O6. The van der Waals surface area contributed by atoms with Crippen LogP contribution in [0.1, 0.15) is 28.8 Å². The molecule has 2 aromatic carbocycles. The first-order chi connectivity index (χ1) is 13.1. The number of ether oxygens (including phenoxy) is 4. The van der Waals surface area contributed by atoms with E-state index in [1.54, 1.807) is 43.5 Å². The van der Waals surface area contributed by atoms with Crippen LogP contribution in [0.2, 0.25) is 0 Å². The topological polar surface area (TPSA) is 71.1 Å². The Morgan fingerprint density at radius 2 is 1.74 bits per heavy atom. The fraction of sp³-hybridized carbons (Fsp3) is 0.333. The summed E-state index contributed by atoms with van der Waals surface area (Å²) in [6, 6.07) is 13.5. The van der Waals surface area contributed by atoms with Crippen LogP contribution >= 0.6 is 0 Å². The van der Waals surface area contributed by atoms with Gasteiger partial charge in [-0.15, -0.1) is 0 Å². The normalized spacial score (nSPS) is 16.0. The molecule has 1 aliphatic heterocycles. The van der Waals surface area contributed by atoms with Gasteiger partial charge in [0.2, 0.25) is 0 Å². The third-order valence-corrected chi connectivity index (χ3v) is 4.25. The second kappa shape index (κ2) is 9.19. The summed E-state index contributed by atoms with van der Waals surface area (Å²) >= 11 is 0. The van der Waals surface area contributed by atoms with E-state index in [2.05, 4.69) is 0 Å². The summed E-state index contributed by atoms with van der Waals surface area (Å²) in [6.07, 6.45) is 2.05. The zero-order valence-electron chi connectivity index (χ0n) is 15.2. The van der Waals surface area contributed by atoms with Gasteiger partial charge in [-0.05, 0) is 54.8 Å². The van der Waals surface area contributed by atoms with E-state index in [0.29, 0.717) is 11.3 Å². The standard InChI is InChI=1S/C21H22O6/c1-24-17-8-4-15(5-9-17)13-20(22)27-18-10-6-16(7-11-18)21(23)26-14-19-3-2-12-25-19/h4-11,19H,2-3,12-14H2,1H3. The van der Waals surface area contributed by atoms with Crippen molar-refractivity contribution in [3.8, 4) is 11.5 Å². The highest BCUT2D eigenvalue weighted by molar-refractivity contribution is 5.89. The number of hydrogen-bond donors (Lipinski definition) is 0. The smallest absolute Gasteiger partial charge is 0.338 e. The van der Waals surface area contributed by atoms with Crippen molar-refractivity contribution in [1.82, 2.24) is 0 Å². The molecule has 3 rings (SSSR count). The molecule has 0 N–H and O–H groups in total. The second-order valence-electron chi connectivity index (χ2n) is 6.26. The van der Waals surface area contributed by atoms with Crippen LogP contribution in [0.25, 0.3) is 0 Å². The monoisotopic (exact) mass is 370 g/mol. The molecule has 0 saturated carbocycles. The Morgan fingerprint density at radius 3 is 2.37 bits per heavy atom. The van der Waals surface area contributed by atoms with E-state index in [1.807, 2.05) is 12.1 Å². The van der Waals surface area contributed by atoms with Crippen molar-refractivity contribution in [1.29, 1.82) is 0 Å². The number of methoxy groups -OCH3 is 1. The van der Waals surface area contributed by atoms with Crippen LogP contribution in [0.3, 0.4) is 0 Å². The maximum Gasteiger partial charge on any atom is 0.338 e. The maximum absolute atomic E-state index is 12.0. The summed E-state index contributed by atoms with van der Waals surface area (Å²) in [5.41, 5.74) is 1.23. The van der Waals surface area contributed by atoms with E-state index < -0.39 is 5.97 Å². The SMILES string of the molecule is COc1ccc(CC(=O)Oc2ccc(C(=O)OCC3CCCO3)cc2)cc1. The average Bonchev–Trinajstić information content (AvgIpc) is 3.21. The zero-order valence-corrected chi connectivity index (χ0v) is 15.2. The molecule has 0 amide bonds. The van der Waals surface area contributed by atoms with Crippen molar-refractivity contribution >= 4 is 11.9 Å². The van der Waals surface area contributed by atoms with Gasteiger partial charge in [0.25, 0.3) is 0 Å². The average molecular weight is 370 g/mol. The van der Waals surface area contributed by atoms with Gasteiger partial charge in [0.05, 0.1) is 25.2 Å². The highest BCUT2D eigenvalue weighted by atomic mass is 16.6. The molecule has 6 nitrogen and oxygen atoms in total. The van der Waals surface area contributed by atoms with Gasteiger partial charge in [-0.3, -0.25) is 4.79 Å². The molecule has 142 valence electrons. The first-order valence-corrected chi connectivity index (χ1v) is 8.86. The third-order valence-electron chi connectivity index (χ3n) is 4.25. The van der Waals surface area contributed by atoms with Gasteiger partial charge < -0.3 is 18.9 Å². The van der Waals surface area contributed by atoms with Gasteiger partial charge in [-0.25, -0.2) is 4.79 Å². The molecule has 6 heteroatoms. The first-order valence-electron chi connectivity index (χ1n) is 8.86. The van der Waals surface area contributed by atoms with Crippen molar-refractivity contribution in [2.45, 2.75) is 25.4 Å². The maximum atomic E-state index is 12.0. The molecule has 2 aromatic rings. The number of hydrogen-bond acceptors (Lipinski definition) is 6. The van der Waals surface area contributed by atoms with E-state index in [1.165, 1.54) is 0 Å². The summed E-state index contributed by atoms with van der Waals surface area (Å²) in [5, 5.41) is 0. The molecule has 1 heterocycles. The summed E-state index contributed by atoms with van der Waals surface area (Å²) in [6.45, 7) is 0.982. The molecule has 1 fully saturated rings. The van der Waals surface area contributed by atoms with Gasteiger partial charge in [0, 0.05) is 6.61 Å². The molecule has 0 aliphatic carbocycles. The lowest BCUT2D eigenvalue weighted by atomic mass is 10.1. The van der Waals surface area contributed by atoms with Crippen molar-refractivity contribution in [2.24, 2.45) is 0 Å². The third kappa shape index (κ3) is 5.56. The second-order valence-corrected chi connectivity index (χ2v) is 6.26. The van der Waals surface area contributed by atoms with E-state index in [0.717, 1.165) is 30.8 Å². The molecule has 1 saturated heterocycles. The van der Waals surface area contributed by atoms with Gasteiger partial charge in [-0.2, -0.15) is 0 Å². The minimum atomic E-state index is -0.415. The van der Waals surface area contributed by atoms with Crippen molar-refractivity contribution < 1.29 is 28.5 Å². The van der Waals surface area contributed by atoms with Crippen LogP contribution in [0.5, 0.6) is 11.5 Å². The molecule has 1 atom stereocenters. The Hall–Kier alpha value is -2.86. The molecular weight excluding hydrogens is 348 g/mol. The highest BCUT2D eigenvalue weighted by Crippen LogP contribution is 2.17. The molecule has 0 aromatic heterocycles. The molecule has 27 heavy (non-hydrogen) atoms. The molecule has 0 spiro atoms. The van der Waals surface area contributed by atoms with Crippen LogP contribution < -0.4 is 9.47 Å². The van der Waals surface area contributed by atoms with E-state index in [4.69, 9.17) is 18.9 Å². The number of rotatable bonds is 7. The fourth-order valence-electron chi connectivity index (χ4n) is 2.76. The van der Waals surface area contributed by atoms with Gasteiger partial charge in [0.15, 0.2) is 0 Å². The van der Waals surface area contributed by atoms with E-state index in [9.17, 15) is 9.59 Å². The Bertz CT molecular complexity index is 760. The largest absolute Gasteiger partial charge is 0.497 e. The van der Waals surface area contributed by atoms with Crippen molar-refractivity contribution in [3.63, 3.8) is 0 Å². The minimum Gasteiger partial charge on any atom is -0.497 e. The Morgan fingerprint density at radius 1 is 1.04 bits per heavy atom. The van der Waals surface area contributed by atoms with E-state index >= 15 is 0 Å². The van der Waals surface area contributed by atoms with Crippen LogP contribution in [-0.2, 0) is 20.7 Å². The Balaban J connectivity index is 1.48. The fourth-order valence-corrected chi connectivity index (χ4v) is 2.76. The zero-order chi connectivity index (χ0) is 19.1. The molecule has 1 aliphatic rings. The van der Waals surface area contributed by atoms with Crippen LogP contribution in [0.4, 0.5) is 0 Å². The molecule has 0 radical (unpaired) electrons. The lowest BCUT2D eigenvalue weighted by Gasteiger charge is -2.10. The predicted octanol–water partition coefficient (Wildman–Crippen LogP) is 3.18. The Kier molecular flexibility index (Phi) is 6.44. The van der Waals surface area contributed by atoms with Crippen LogP contribution in [-0.4, -0.2) is 38.4 Å². The summed E-state index contributed by atoms with van der Waals surface area (Å²) in [5.74, 6) is 0.314. The van der Waals surface area contributed by atoms with Crippen LogP contribution in [0.15, 0.2) is 48.5 Å².